The number of β-amino-alcohol motifs (C(OH)–C–C–N with tert-alkyl or cyclic N) is 1. The number of carbonyl (C=O) groups is 2. The van der Waals surface area contributed by atoms with E-state index >= 15 is 0 Å². The number of benzene rings is 1. The van der Waals surface area contributed by atoms with Gasteiger partial charge in [0.2, 0.25) is 11.8 Å². The molecule has 0 unspecified atom stereocenters. The van der Waals surface area contributed by atoms with Crippen LogP contribution in [0.2, 0.25) is 0 Å². The van der Waals surface area contributed by atoms with Gasteiger partial charge in [0.05, 0.1) is 6.10 Å². The van der Waals surface area contributed by atoms with E-state index in [-0.39, 0.29) is 30.2 Å². The number of hydrogen-bond acceptors (Lipinski definition) is 6. The van der Waals surface area contributed by atoms with Crippen molar-refractivity contribution in [2.45, 2.75) is 52.3 Å². The molecule has 2 N–H and O–H groups in total. The van der Waals surface area contributed by atoms with Crippen molar-refractivity contribution in [1.82, 2.24) is 19.6 Å². The fourth-order valence-electron chi connectivity index (χ4n) is 3.27. The van der Waals surface area contributed by atoms with Crippen LogP contribution < -0.4 is 5.32 Å². The first-order valence-corrected chi connectivity index (χ1v) is 10.1. The Labute approximate surface area is 169 Å². The molecule has 0 bridgehead atoms. The number of carbonyl (C=O) groups excluding carboxylic acids is 2. The lowest BCUT2D eigenvalue weighted by atomic mass is 9.91. The lowest BCUT2D eigenvalue weighted by Crippen LogP contribution is -2.46. The Hall–Kier alpha value is -2.32. The van der Waals surface area contributed by atoms with E-state index in [2.05, 4.69) is 14.7 Å². The fraction of sp³-hybridized carbons (Fsp3) is 0.500. The van der Waals surface area contributed by atoms with Gasteiger partial charge >= 0.3 is 0 Å². The second kappa shape index (κ2) is 8.36. The molecule has 2 atom stereocenters. The number of rotatable bonds is 5. The maximum absolute atomic E-state index is 12.7. The van der Waals surface area contributed by atoms with Crippen LogP contribution in [-0.2, 0) is 16.1 Å². The molecule has 150 valence electrons. The second-order valence-electron chi connectivity index (χ2n) is 8.35. The molecule has 1 aliphatic rings. The lowest BCUT2D eigenvalue weighted by Gasteiger charge is -2.27. The highest BCUT2D eigenvalue weighted by Gasteiger charge is 2.39. The molecule has 1 aliphatic heterocycles. The van der Waals surface area contributed by atoms with Crippen LogP contribution in [0.25, 0.3) is 10.6 Å². The highest BCUT2D eigenvalue weighted by molar-refractivity contribution is 7.09. The first-order valence-electron chi connectivity index (χ1n) is 9.34. The van der Waals surface area contributed by atoms with Crippen molar-refractivity contribution in [1.29, 1.82) is 0 Å². The number of nitrogens with zero attached hydrogens (tertiary/aromatic N) is 3. The van der Waals surface area contributed by atoms with Crippen molar-refractivity contribution in [3.63, 3.8) is 0 Å². The van der Waals surface area contributed by atoms with Crippen molar-refractivity contribution in [3.05, 3.63) is 36.2 Å². The van der Waals surface area contributed by atoms with Gasteiger partial charge in [0.15, 0.2) is 0 Å². The average Bonchev–Trinajstić information content (AvgIpc) is 3.28. The Bertz CT molecular complexity index is 815. The number of aliphatic hydroxyl groups excluding tert-OH is 1. The zero-order valence-electron chi connectivity index (χ0n) is 16.4. The number of nitrogens with one attached hydrogen (secondary N) is 1. The van der Waals surface area contributed by atoms with Gasteiger partial charge < -0.3 is 15.3 Å². The van der Waals surface area contributed by atoms with Crippen LogP contribution in [0.5, 0.6) is 0 Å². The van der Waals surface area contributed by atoms with E-state index < -0.39 is 12.1 Å². The molecule has 0 saturated carbocycles. The minimum absolute atomic E-state index is 0.0920. The van der Waals surface area contributed by atoms with Crippen molar-refractivity contribution in [2.75, 3.05) is 6.54 Å². The highest BCUT2D eigenvalue weighted by Crippen LogP contribution is 2.25. The van der Waals surface area contributed by atoms with E-state index in [0.29, 0.717) is 13.0 Å². The molecule has 1 fully saturated rings. The summed E-state index contributed by atoms with van der Waals surface area (Å²) >= 11 is 1.33. The molecule has 1 saturated heterocycles. The third kappa shape index (κ3) is 5.14. The number of hydrogen-bond donors (Lipinski definition) is 2. The van der Waals surface area contributed by atoms with Gasteiger partial charge in [-0.2, -0.15) is 4.37 Å². The molecule has 2 amide bonds. The van der Waals surface area contributed by atoms with Crippen LogP contribution in [0.1, 0.15) is 39.2 Å². The minimum Gasteiger partial charge on any atom is -0.391 e. The molecular formula is C20H26N4O3S. The van der Waals surface area contributed by atoms with Gasteiger partial charge in [-0.05, 0) is 22.5 Å². The summed E-state index contributed by atoms with van der Waals surface area (Å²) in [6.07, 6.45) is 1.48. The summed E-state index contributed by atoms with van der Waals surface area (Å²) in [6, 6.07) is 7.14. The van der Waals surface area contributed by atoms with E-state index in [1.807, 2.05) is 45.0 Å². The van der Waals surface area contributed by atoms with Crippen molar-refractivity contribution >= 4 is 23.3 Å². The second-order valence-corrected chi connectivity index (χ2v) is 9.13. The van der Waals surface area contributed by atoms with Gasteiger partial charge in [-0.3, -0.25) is 9.59 Å². The van der Waals surface area contributed by atoms with Gasteiger partial charge in [0.25, 0.3) is 0 Å². The SMILES string of the molecule is CC(C)(C)CC(=O)N1C[C@H](O)C[C@H]1C(=O)NCc1ccc(-c2ncns2)cc1. The Morgan fingerprint density at radius 3 is 2.61 bits per heavy atom. The van der Waals surface area contributed by atoms with Crippen LogP contribution in [0, 0.1) is 5.41 Å². The molecule has 2 aromatic rings. The van der Waals surface area contributed by atoms with Gasteiger partial charge in [0, 0.05) is 31.5 Å². The number of aromatic nitrogens is 2. The molecule has 8 heteroatoms. The summed E-state index contributed by atoms with van der Waals surface area (Å²) in [5, 5.41) is 13.7. The monoisotopic (exact) mass is 402 g/mol. The molecule has 1 aromatic carbocycles. The number of likely N-dealkylation sites (tertiary alicyclic amines) is 1. The summed E-state index contributed by atoms with van der Waals surface area (Å²) in [7, 11) is 0. The first kappa shape index (κ1) is 20.4. The molecule has 0 spiro atoms. The highest BCUT2D eigenvalue weighted by atomic mass is 32.1. The molecule has 3 rings (SSSR count). The lowest BCUT2D eigenvalue weighted by molar-refractivity contribution is -0.140. The third-order valence-electron chi connectivity index (χ3n) is 4.61. The zero-order chi connectivity index (χ0) is 20.3. The molecule has 0 aliphatic carbocycles. The van der Waals surface area contributed by atoms with E-state index in [9.17, 15) is 14.7 Å². The Morgan fingerprint density at radius 2 is 2.00 bits per heavy atom. The number of aliphatic hydroxyl groups is 1. The summed E-state index contributed by atoms with van der Waals surface area (Å²) < 4.78 is 3.99. The maximum Gasteiger partial charge on any atom is 0.243 e. The quantitative estimate of drug-likeness (QED) is 0.800. The predicted octanol–water partition coefficient (Wildman–Crippen LogP) is 2.22. The Morgan fingerprint density at radius 1 is 1.29 bits per heavy atom. The van der Waals surface area contributed by atoms with Crippen LogP contribution in [-0.4, -0.2) is 49.9 Å². The van der Waals surface area contributed by atoms with Gasteiger partial charge in [-0.1, -0.05) is 45.0 Å². The summed E-state index contributed by atoms with van der Waals surface area (Å²) in [5.74, 6) is -0.322. The van der Waals surface area contributed by atoms with Gasteiger partial charge in [-0.15, -0.1) is 0 Å². The Kier molecular flexibility index (Phi) is 6.10. The van der Waals surface area contributed by atoms with Gasteiger partial charge in [0.1, 0.15) is 17.4 Å². The Balaban J connectivity index is 1.59. The smallest absolute Gasteiger partial charge is 0.243 e. The van der Waals surface area contributed by atoms with Crippen molar-refractivity contribution in [3.8, 4) is 10.6 Å². The number of amides is 2. The minimum atomic E-state index is -0.661. The van der Waals surface area contributed by atoms with Crippen LogP contribution in [0.15, 0.2) is 30.6 Å². The standard InChI is InChI=1S/C20H26N4O3S/c1-20(2,3)9-17(26)24-11-15(25)8-16(24)18(27)21-10-13-4-6-14(7-5-13)19-22-12-23-28-19/h4-7,12,15-16,25H,8-11H2,1-3H3,(H,21,27)/t15-,16+/m1/s1. The molecule has 7 nitrogen and oxygen atoms in total. The van der Waals surface area contributed by atoms with E-state index in [1.54, 1.807) is 0 Å². The van der Waals surface area contributed by atoms with Gasteiger partial charge in [-0.25, -0.2) is 4.98 Å². The zero-order valence-corrected chi connectivity index (χ0v) is 17.2. The molecule has 28 heavy (non-hydrogen) atoms. The van der Waals surface area contributed by atoms with E-state index in [1.165, 1.54) is 22.8 Å². The molecule has 0 radical (unpaired) electrons. The molecule has 2 heterocycles. The third-order valence-corrected chi connectivity index (χ3v) is 5.33. The predicted molar refractivity (Wildman–Crippen MR) is 107 cm³/mol. The topological polar surface area (TPSA) is 95.4 Å². The van der Waals surface area contributed by atoms with Crippen molar-refractivity contribution in [2.24, 2.45) is 5.41 Å². The first-order chi connectivity index (χ1) is 13.2. The fourth-order valence-corrected chi connectivity index (χ4v) is 3.80. The molecule has 1 aromatic heterocycles. The van der Waals surface area contributed by atoms with E-state index in [4.69, 9.17) is 0 Å². The average molecular weight is 403 g/mol. The van der Waals surface area contributed by atoms with Crippen molar-refractivity contribution < 1.29 is 14.7 Å². The summed E-state index contributed by atoms with van der Waals surface area (Å²) in [4.78, 5) is 30.9. The molecular weight excluding hydrogens is 376 g/mol. The van der Waals surface area contributed by atoms with E-state index in [0.717, 1.165) is 16.1 Å². The normalized spacial score (nSPS) is 19.6. The maximum atomic E-state index is 12.7. The van der Waals surface area contributed by atoms with Crippen LogP contribution >= 0.6 is 11.5 Å². The summed E-state index contributed by atoms with van der Waals surface area (Å²) in [5.41, 5.74) is 1.77. The van der Waals surface area contributed by atoms with Crippen LogP contribution in [0.3, 0.4) is 0 Å². The largest absolute Gasteiger partial charge is 0.391 e. The summed E-state index contributed by atoms with van der Waals surface area (Å²) in [6.45, 7) is 6.53. The van der Waals surface area contributed by atoms with Crippen LogP contribution in [0.4, 0.5) is 0 Å².